The third-order valence-corrected chi connectivity index (χ3v) is 8.19. The van der Waals surface area contributed by atoms with E-state index in [1.807, 2.05) is 12.1 Å². The molecule has 2 amide bonds. The van der Waals surface area contributed by atoms with Crippen LogP contribution in [0.4, 0.5) is 11.4 Å². The molecule has 32 heavy (non-hydrogen) atoms. The minimum Gasteiger partial charge on any atom is -0.372 e. The highest BCUT2D eigenvalue weighted by molar-refractivity contribution is 5.98. The molecule has 3 heterocycles. The number of nitrogens with one attached hydrogen (secondary N) is 1. The van der Waals surface area contributed by atoms with E-state index in [-0.39, 0.29) is 11.8 Å². The van der Waals surface area contributed by atoms with Gasteiger partial charge in [0.25, 0.3) is 0 Å². The number of imide groups is 1. The average molecular weight is 440 g/mol. The lowest BCUT2D eigenvalue weighted by atomic mass is 9.60. The number of carbonyl (C=O) groups excluding carboxylic acids is 2. The number of hydrogen-bond acceptors (Lipinski definition) is 6. The van der Waals surface area contributed by atoms with E-state index in [0.29, 0.717) is 30.7 Å². The Bertz CT molecular complexity index is 801. The molecule has 3 aliphatic heterocycles. The van der Waals surface area contributed by atoms with E-state index in [9.17, 15) is 9.59 Å². The summed E-state index contributed by atoms with van der Waals surface area (Å²) in [5.41, 5.74) is 11.6. The van der Waals surface area contributed by atoms with Crippen LogP contribution in [0.15, 0.2) is 24.3 Å². The highest BCUT2D eigenvalue weighted by Gasteiger charge is 2.44. The van der Waals surface area contributed by atoms with E-state index in [1.54, 1.807) is 0 Å². The van der Waals surface area contributed by atoms with Gasteiger partial charge in [-0.1, -0.05) is 0 Å². The Morgan fingerprint density at radius 3 is 2.16 bits per heavy atom. The van der Waals surface area contributed by atoms with Crippen LogP contribution in [0.3, 0.4) is 0 Å². The second-order valence-corrected chi connectivity index (χ2v) is 10.5. The van der Waals surface area contributed by atoms with Crippen LogP contribution in [-0.2, 0) is 9.59 Å². The van der Waals surface area contributed by atoms with E-state index in [1.165, 1.54) is 68.9 Å². The standard InChI is InChI=1S/C25H37N5O2/c26-20-16-25(17-20)10-14-28(15-11-25)18-19-8-12-29(13-9-19)22-6-4-21(5-7-22)27-30-23(31)2-1-3-24(30)32/h4-7,19-20,27H,1-3,8-18,26H2. The molecule has 7 heteroatoms. The lowest BCUT2D eigenvalue weighted by Crippen LogP contribution is -2.52. The Morgan fingerprint density at radius 2 is 1.56 bits per heavy atom. The Balaban J connectivity index is 1.07. The summed E-state index contributed by atoms with van der Waals surface area (Å²) in [6, 6.07) is 8.58. The molecule has 3 N–H and O–H groups in total. The molecule has 1 aromatic rings. The van der Waals surface area contributed by atoms with Gasteiger partial charge in [0.15, 0.2) is 0 Å². The molecule has 0 unspecified atom stereocenters. The molecule has 1 aliphatic carbocycles. The summed E-state index contributed by atoms with van der Waals surface area (Å²) >= 11 is 0. The fourth-order valence-corrected chi connectivity index (χ4v) is 6.16. The molecule has 4 fully saturated rings. The lowest BCUT2D eigenvalue weighted by Gasteiger charge is -2.51. The molecule has 1 saturated carbocycles. The van der Waals surface area contributed by atoms with Crippen LogP contribution in [0, 0.1) is 11.3 Å². The zero-order chi connectivity index (χ0) is 22.1. The fourth-order valence-electron chi connectivity index (χ4n) is 6.16. The summed E-state index contributed by atoms with van der Waals surface area (Å²) in [5.74, 6) is 0.501. The molecular weight excluding hydrogens is 402 g/mol. The number of hydrogen-bond donors (Lipinski definition) is 2. The van der Waals surface area contributed by atoms with Crippen molar-refractivity contribution in [2.75, 3.05) is 43.0 Å². The fraction of sp³-hybridized carbons (Fsp3) is 0.680. The zero-order valence-corrected chi connectivity index (χ0v) is 19.1. The van der Waals surface area contributed by atoms with Gasteiger partial charge in [-0.05, 0) is 93.6 Å². The van der Waals surface area contributed by atoms with Crippen molar-refractivity contribution in [1.29, 1.82) is 0 Å². The predicted molar refractivity (Wildman–Crippen MR) is 126 cm³/mol. The van der Waals surface area contributed by atoms with Crippen molar-refractivity contribution >= 4 is 23.2 Å². The van der Waals surface area contributed by atoms with E-state index in [0.717, 1.165) is 24.7 Å². The molecule has 0 bridgehead atoms. The number of amides is 2. The van der Waals surface area contributed by atoms with Crippen LogP contribution in [0.1, 0.15) is 57.8 Å². The third-order valence-electron chi connectivity index (χ3n) is 8.19. The molecule has 4 aliphatic rings. The summed E-state index contributed by atoms with van der Waals surface area (Å²) in [5, 5.41) is 1.17. The molecule has 0 atom stereocenters. The lowest BCUT2D eigenvalue weighted by molar-refractivity contribution is -0.146. The van der Waals surface area contributed by atoms with Crippen LogP contribution in [-0.4, -0.2) is 60.5 Å². The van der Waals surface area contributed by atoms with E-state index < -0.39 is 0 Å². The van der Waals surface area contributed by atoms with Crippen molar-refractivity contribution in [3.63, 3.8) is 0 Å². The molecule has 1 spiro atoms. The predicted octanol–water partition coefficient (Wildman–Crippen LogP) is 2.97. The first-order chi connectivity index (χ1) is 15.5. The second kappa shape index (κ2) is 9.02. The van der Waals surface area contributed by atoms with Crippen LogP contribution in [0.2, 0.25) is 0 Å². The van der Waals surface area contributed by atoms with Crippen molar-refractivity contribution in [3.8, 4) is 0 Å². The normalized spacial score (nSPS) is 25.3. The Morgan fingerprint density at radius 1 is 0.938 bits per heavy atom. The van der Waals surface area contributed by atoms with Crippen LogP contribution in [0.5, 0.6) is 0 Å². The van der Waals surface area contributed by atoms with Gasteiger partial charge in [0.1, 0.15) is 0 Å². The Hall–Kier alpha value is -2.12. The van der Waals surface area contributed by atoms with Gasteiger partial charge in [-0.25, -0.2) is 0 Å². The first kappa shape index (κ1) is 21.7. The van der Waals surface area contributed by atoms with Gasteiger partial charge in [-0.3, -0.25) is 15.0 Å². The first-order valence-electron chi connectivity index (χ1n) is 12.5. The summed E-state index contributed by atoms with van der Waals surface area (Å²) in [6.45, 7) is 5.93. The first-order valence-corrected chi connectivity index (χ1v) is 12.5. The SMILES string of the molecule is NC1CC2(CCN(CC3CCN(c4ccc(NN5C(=O)CCCC5=O)cc4)CC3)CC2)C1. The van der Waals surface area contributed by atoms with Crippen molar-refractivity contribution in [2.45, 2.75) is 63.8 Å². The van der Waals surface area contributed by atoms with Crippen LogP contribution >= 0.6 is 0 Å². The maximum Gasteiger partial charge on any atom is 0.248 e. The number of piperidine rings is 3. The van der Waals surface area contributed by atoms with Gasteiger partial charge < -0.3 is 15.5 Å². The number of hydrazine groups is 1. The Labute approximate surface area is 191 Å². The molecular formula is C25H37N5O2. The average Bonchev–Trinajstić information content (AvgIpc) is 2.78. The smallest absolute Gasteiger partial charge is 0.248 e. The molecule has 0 aromatic heterocycles. The largest absolute Gasteiger partial charge is 0.372 e. The highest BCUT2D eigenvalue weighted by atomic mass is 16.2. The maximum atomic E-state index is 12.0. The zero-order valence-electron chi connectivity index (χ0n) is 19.1. The van der Waals surface area contributed by atoms with Crippen LogP contribution in [0.25, 0.3) is 0 Å². The molecule has 3 saturated heterocycles. The summed E-state index contributed by atoms with van der Waals surface area (Å²) in [4.78, 5) is 29.1. The van der Waals surface area contributed by atoms with Gasteiger partial charge in [0, 0.05) is 44.2 Å². The summed E-state index contributed by atoms with van der Waals surface area (Å²) in [6.07, 6.45) is 9.17. The van der Waals surface area contributed by atoms with Crippen molar-refractivity contribution in [1.82, 2.24) is 9.91 Å². The number of likely N-dealkylation sites (tertiary alicyclic amines) is 1. The number of carbonyl (C=O) groups is 2. The van der Waals surface area contributed by atoms with Gasteiger partial charge in [0.2, 0.25) is 11.8 Å². The topological polar surface area (TPSA) is 81.9 Å². The van der Waals surface area contributed by atoms with Crippen molar-refractivity contribution in [2.24, 2.45) is 17.1 Å². The van der Waals surface area contributed by atoms with Crippen molar-refractivity contribution in [3.05, 3.63) is 24.3 Å². The van der Waals surface area contributed by atoms with Gasteiger partial charge in [-0.15, -0.1) is 0 Å². The number of nitrogens with two attached hydrogens (primary N) is 1. The minimum absolute atomic E-state index is 0.146. The van der Waals surface area contributed by atoms with Gasteiger partial charge in [-0.2, -0.15) is 5.01 Å². The minimum atomic E-state index is -0.146. The third kappa shape index (κ3) is 4.64. The van der Waals surface area contributed by atoms with Gasteiger partial charge >= 0.3 is 0 Å². The molecule has 5 rings (SSSR count). The molecule has 174 valence electrons. The van der Waals surface area contributed by atoms with Crippen LogP contribution < -0.4 is 16.1 Å². The second-order valence-electron chi connectivity index (χ2n) is 10.5. The maximum absolute atomic E-state index is 12.0. The number of benzene rings is 1. The summed E-state index contributed by atoms with van der Waals surface area (Å²) < 4.78 is 0. The Kier molecular flexibility index (Phi) is 6.12. The van der Waals surface area contributed by atoms with E-state index in [4.69, 9.17) is 5.73 Å². The quantitative estimate of drug-likeness (QED) is 0.687. The molecule has 0 radical (unpaired) electrons. The molecule has 7 nitrogen and oxygen atoms in total. The van der Waals surface area contributed by atoms with Gasteiger partial charge in [0.05, 0.1) is 5.69 Å². The monoisotopic (exact) mass is 439 g/mol. The molecule has 1 aromatic carbocycles. The number of anilines is 2. The number of rotatable bonds is 5. The summed E-state index contributed by atoms with van der Waals surface area (Å²) in [7, 11) is 0. The van der Waals surface area contributed by atoms with E-state index >= 15 is 0 Å². The van der Waals surface area contributed by atoms with E-state index in [2.05, 4.69) is 27.4 Å². The number of nitrogens with zero attached hydrogens (tertiary/aromatic N) is 3. The van der Waals surface area contributed by atoms with Crippen molar-refractivity contribution < 1.29 is 9.59 Å². The highest BCUT2D eigenvalue weighted by Crippen LogP contribution is 2.48.